The van der Waals surface area contributed by atoms with Gasteiger partial charge in [0.2, 0.25) is 5.91 Å². The molecule has 1 fully saturated rings. The molecular formula is C19H27N5O2S. The first-order valence-corrected chi connectivity index (χ1v) is 10.4. The summed E-state index contributed by atoms with van der Waals surface area (Å²) < 4.78 is 7.54. The van der Waals surface area contributed by atoms with Crippen molar-refractivity contribution in [1.82, 2.24) is 14.8 Å². The second-order valence-electron chi connectivity index (χ2n) is 6.71. The summed E-state index contributed by atoms with van der Waals surface area (Å²) >= 11 is 1.56. The third-order valence-corrected chi connectivity index (χ3v) is 5.72. The van der Waals surface area contributed by atoms with Gasteiger partial charge in [0, 0.05) is 30.0 Å². The SMILES string of the molecule is COc1cccc(NCc2nnc(SCCC(N)=O)n2C2CCCCC2)c1. The van der Waals surface area contributed by atoms with Crippen molar-refractivity contribution in [1.29, 1.82) is 0 Å². The number of carbonyl (C=O) groups is 1. The Morgan fingerprint density at radius 1 is 1.33 bits per heavy atom. The maximum atomic E-state index is 11.0. The molecule has 1 aliphatic rings. The fourth-order valence-electron chi connectivity index (χ4n) is 3.39. The van der Waals surface area contributed by atoms with Crippen molar-refractivity contribution in [2.24, 2.45) is 5.73 Å². The molecule has 146 valence electrons. The number of hydrogen-bond acceptors (Lipinski definition) is 6. The number of hydrogen-bond donors (Lipinski definition) is 2. The highest BCUT2D eigenvalue weighted by Gasteiger charge is 2.23. The Kier molecular flexibility index (Phi) is 6.98. The van der Waals surface area contributed by atoms with Crippen LogP contribution in [-0.4, -0.2) is 33.5 Å². The number of benzene rings is 1. The monoisotopic (exact) mass is 389 g/mol. The van der Waals surface area contributed by atoms with Gasteiger partial charge >= 0.3 is 0 Å². The fraction of sp³-hybridized carbons (Fsp3) is 0.526. The Bertz CT molecular complexity index is 758. The van der Waals surface area contributed by atoms with Gasteiger partial charge in [-0.15, -0.1) is 10.2 Å². The number of primary amides is 1. The zero-order valence-electron chi connectivity index (χ0n) is 15.7. The number of thioether (sulfide) groups is 1. The van der Waals surface area contributed by atoms with Crippen molar-refractivity contribution >= 4 is 23.4 Å². The van der Waals surface area contributed by atoms with Crippen molar-refractivity contribution in [3.63, 3.8) is 0 Å². The summed E-state index contributed by atoms with van der Waals surface area (Å²) in [7, 11) is 1.66. The molecule has 7 nitrogen and oxygen atoms in total. The molecule has 3 rings (SSSR count). The van der Waals surface area contributed by atoms with Crippen molar-refractivity contribution in [3.05, 3.63) is 30.1 Å². The van der Waals surface area contributed by atoms with Gasteiger partial charge in [-0.3, -0.25) is 4.79 Å². The van der Waals surface area contributed by atoms with Crippen LogP contribution in [0.4, 0.5) is 5.69 Å². The zero-order chi connectivity index (χ0) is 19.1. The van der Waals surface area contributed by atoms with Gasteiger partial charge in [0.05, 0.1) is 13.7 Å². The van der Waals surface area contributed by atoms with Gasteiger partial charge in [-0.25, -0.2) is 0 Å². The lowest BCUT2D eigenvalue weighted by Gasteiger charge is -2.25. The zero-order valence-corrected chi connectivity index (χ0v) is 16.5. The Morgan fingerprint density at radius 2 is 2.15 bits per heavy atom. The lowest BCUT2D eigenvalue weighted by molar-refractivity contribution is -0.117. The summed E-state index contributed by atoms with van der Waals surface area (Å²) in [5, 5.41) is 13.1. The number of rotatable bonds is 9. The molecule has 1 aromatic carbocycles. The normalized spacial score (nSPS) is 14.9. The highest BCUT2D eigenvalue weighted by molar-refractivity contribution is 7.99. The number of aromatic nitrogens is 3. The minimum Gasteiger partial charge on any atom is -0.497 e. The topological polar surface area (TPSA) is 95.1 Å². The molecule has 1 aliphatic carbocycles. The predicted molar refractivity (Wildman–Crippen MR) is 107 cm³/mol. The molecule has 0 bridgehead atoms. The summed E-state index contributed by atoms with van der Waals surface area (Å²) in [6.45, 7) is 0.590. The molecule has 0 saturated heterocycles. The first kappa shape index (κ1) is 19.5. The molecule has 1 amide bonds. The molecular weight excluding hydrogens is 362 g/mol. The average molecular weight is 390 g/mol. The summed E-state index contributed by atoms with van der Waals surface area (Å²) in [6.07, 6.45) is 6.40. The molecule has 27 heavy (non-hydrogen) atoms. The van der Waals surface area contributed by atoms with E-state index in [0.29, 0.717) is 24.8 Å². The third-order valence-electron chi connectivity index (χ3n) is 4.77. The van der Waals surface area contributed by atoms with E-state index in [1.54, 1.807) is 18.9 Å². The number of ether oxygens (including phenoxy) is 1. The number of amides is 1. The van der Waals surface area contributed by atoms with E-state index in [4.69, 9.17) is 10.5 Å². The standard InChI is InChI=1S/C19H27N5O2S/c1-26-16-9-5-6-14(12-16)21-13-18-22-23-19(27-11-10-17(20)25)24(18)15-7-3-2-4-8-15/h5-6,9,12,15,21H,2-4,7-8,10-11,13H2,1H3,(H2,20,25). The summed E-state index contributed by atoms with van der Waals surface area (Å²) in [4.78, 5) is 11.0. The Morgan fingerprint density at radius 3 is 2.89 bits per heavy atom. The van der Waals surface area contributed by atoms with Crippen LogP contribution >= 0.6 is 11.8 Å². The number of methoxy groups -OCH3 is 1. The van der Waals surface area contributed by atoms with Crippen LogP contribution in [-0.2, 0) is 11.3 Å². The molecule has 0 aliphatic heterocycles. The van der Waals surface area contributed by atoms with Gasteiger partial charge < -0.3 is 20.4 Å². The van der Waals surface area contributed by atoms with Crippen LogP contribution in [0.25, 0.3) is 0 Å². The Balaban J connectivity index is 1.74. The second-order valence-corrected chi connectivity index (χ2v) is 7.77. The summed E-state index contributed by atoms with van der Waals surface area (Å²) in [5.41, 5.74) is 6.25. The minimum atomic E-state index is -0.286. The lowest BCUT2D eigenvalue weighted by Crippen LogP contribution is -2.18. The fourth-order valence-corrected chi connectivity index (χ4v) is 4.37. The molecule has 0 atom stereocenters. The first-order chi connectivity index (χ1) is 13.2. The highest BCUT2D eigenvalue weighted by Crippen LogP contribution is 2.33. The smallest absolute Gasteiger partial charge is 0.218 e. The molecule has 0 radical (unpaired) electrons. The second kappa shape index (κ2) is 9.64. The maximum absolute atomic E-state index is 11.0. The van der Waals surface area contributed by atoms with E-state index in [2.05, 4.69) is 20.1 Å². The van der Waals surface area contributed by atoms with Crippen LogP contribution < -0.4 is 15.8 Å². The number of anilines is 1. The van der Waals surface area contributed by atoms with Gasteiger partial charge in [-0.2, -0.15) is 0 Å². The minimum absolute atomic E-state index is 0.286. The van der Waals surface area contributed by atoms with Crippen LogP contribution in [0, 0.1) is 0 Å². The van der Waals surface area contributed by atoms with Crippen LogP contribution in [0.2, 0.25) is 0 Å². The Hall–Kier alpha value is -2.22. The van der Waals surface area contributed by atoms with E-state index < -0.39 is 0 Å². The first-order valence-electron chi connectivity index (χ1n) is 9.40. The number of carbonyl (C=O) groups excluding carboxylic acids is 1. The van der Waals surface area contributed by atoms with Crippen molar-refractivity contribution in [2.75, 3.05) is 18.2 Å². The molecule has 0 spiro atoms. The summed E-state index contributed by atoms with van der Waals surface area (Å²) in [5.74, 6) is 2.08. The molecule has 3 N–H and O–H groups in total. The highest BCUT2D eigenvalue weighted by atomic mass is 32.2. The van der Waals surface area contributed by atoms with Crippen LogP contribution in [0.15, 0.2) is 29.4 Å². The maximum Gasteiger partial charge on any atom is 0.218 e. The molecule has 1 saturated carbocycles. The third kappa shape index (κ3) is 5.38. The van der Waals surface area contributed by atoms with Gasteiger partial charge in [0.25, 0.3) is 0 Å². The van der Waals surface area contributed by atoms with Crippen molar-refractivity contribution in [2.45, 2.75) is 56.3 Å². The van der Waals surface area contributed by atoms with E-state index in [-0.39, 0.29) is 5.91 Å². The van der Waals surface area contributed by atoms with E-state index in [1.165, 1.54) is 19.3 Å². The lowest BCUT2D eigenvalue weighted by atomic mass is 9.95. The molecule has 0 unspecified atom stereocenters. The molecule has 2 aromatic rings. The van der Waals surface area contributed by atoms with E-state index in [1.807, 2.05) is 24.3 Å². The van der Waals surface area contributed by atoms with Crippen molar-refractivity contribution in [3.8, 4) is 5.75 Å². The number of nitrogens with two attached hydrogens (primary N) is 1. The van der Waals surface area contributed by atoms with Gasteiger partial charge in [0.1, 0.15) is 5.75 Å². The molecule has 8 heteroatoms. The quantitative estimate of drug-likeness (QED) is 0.639. The Labute approximate surface area is 164 Å². The predicted octanol–water partition coefficient (Wildman–Crippen LogP) is 3.37. The number of nitrogens with zero attached hydrogens (tertiary/aromatic N) is 3. The van der Waals surface area contributed by atoms with E-state index >= 15 is 0 Å². The van der Waals surface area contributed by atoms with E-state index in [9.17, 15) is 4.79 Å². The largest absolute Gasteiger partial charge is 0.497 e. The van der Waals surface area contributed by atoms with Crippen molar-refractivity contribution < 1.29 is 9.53 Å². The van der Waals surface area contributed by atoms with E-state index in [0.717, 1.165) is 35.3 Å². The molecule has 1 aromatic heterocycles. The average Bonchev–Trinajstić information content (AvgIpc) is 3.09. The van der Waals surface area contributed by atoms with Crippen LogP contribution in [0.3, 0.4) is 0 Å². The number of nitrogens with one attached hydrogen (secondary N) is 1. The van der Waals surface area contributed by atoms with Gasteiger partial charge in [-0.05, 0) is 25.0 Å². The van der Waals surface area contributed by atoms with Gasteiger partial charge in [0.15, 0.2) is 11.0 Å². The molecule has 1 heterocycles. The van der Waals surface area contributed by atoms with Crippen LogP contribution in [0.5, 0.6) is 5.75 Å². The van der Waals surface area contributed by atoms with Crippen LogP contribution in [0.1, 0.15) is 50.4 Å². The summed E-state index contributed by atoms with van der Waals surface area (Å²) in [6, 6.07) is 8.27. The van der Waals surface area contributed by atoms with Gasteiger partial charge in [-0.1, -0.05) is 37.1 Å².